The Bertz CT molecular complexity index is 647. The summed E-state index contributed by atoms with van der Waals surface area (Å²) in [6, 6.07) is 15.3. The van der Waals surface area contributed by atoms with Crippen molar-refractivity contribution in [1.29, 1.82) is 0 Å². The average Bonchev–Trinajstić information content (AvgIpc) is 2.47. The van der Waals surface area contributed by atoms with Gasteiger partial charge in [0, 0.05) is 17.3 Å². The predicted molar refractivity (Wildman–Crippen MR) is 86.5 cm³/mol. The summed E-state index contributed by atoms with van der Waals surface area (Å²) in [6.45, 7) is 4.52. The molecule has 0 saturated heterocycles. The van der Waals surface area contributed by atoms with Gasteiger partial charge in [-0.15, -0.1) is 0 Å². The summed E-state index contributed by atoms with van der Waals surface area (Å²) in [5.74, 6) is 0.617. The first-order chi connectivity index (χ1) is 10.2. The monoisotopic (exact) mass is 281 g/mol. The highest BCUT2D eigenvalue weighted by Gasteiger charge is 2.01. The minimum atomic E-state index is -0.160. The van der Waals surface area contributed by atoms with E-state index in [0.29, 0.717) is 6.61 Å². The molecule has 108 valence electrons. The zero-order valence-electron chi connectivity index (χ0n) is 12.3. The molecule has 0 aromatic heterocycles. The van der Waals surface area contributed by atoms with Crippen molar-refractivity contribution in [2.24, 2.45) is 0 Å². The van der Waals surface area contributed by atoms with Gasteiger partial charge in [-0.05, 0) is 43.7 Å². The minimum Gasteiger partial charge on any atom is -0.493 e. The Kier molecular flexibility index (Phi) is 5.16. The molecule has 0 saturated carbocycles. The maximum Gasteiger partial charge on any atom is 0.248 e. The summed E-state index contributed by atoms with van der Waals surface area (Å²) in [7, 11) is 0. The molecule has 0 atom stereocenters. The standard InChI is InChI=1S/C18H19NO2/c1-3-21-17-10-5-4-8-15(17)11-12-18(20)19-16-9-6-7-14(2)13-16/h4-13H,3H2,1-2H3,(H,19,20)/b12-11+. The molecule has 0 radical (unpaired) electrons. The molecule has 3 heteroatoms. The van der Waals surface area contributed by atoms with Crippen molar-refractivity contribution in [3.63, 3.8) is 0 Å². The number of aryl methyl sites for hydroxylation is 1. The van der Waals surface area contributed by atoms with E-state index in [1.54, 1.807) is 6.08 Å². The predicted octanol–water partition coefficient (Wildman–Crippen LogP) is 4.05. The Labute approximate surface area is 125 Å². The highest BCUT2D eigenvalue weighted by atomic mass is 16.5. The number of amides is 1. The fourth-order valence-electron chi connectivity index (χ4n) is 1.98. The van der Waals surface area contributed by atoms with E-state index in [-0.39, 0.29) is 5.91 Å². The number of rotatable bonds is 5. The smallest absolute Gasteiger partial charge is 0.248 e. The van der Waals surface area contributed by atoms with Crippen LogP contribution in [0, 0.1) is 6.92 Å². The summed E-state index contributed by atoms with van der Waals surface area (Å²) >= 11 is 0. The van der Waals surface area contributed by atoms with E-state index in [1.165, 1.54) is 6.08 Å². The largest absolute Gasteiger partial charge is 0.493 e. The number of hydrogen-bond acceptors (Lipinski definition) is 2. The van der Waals surface area contributed by atoms with Crippen LogP contribution in [0.15, 0.2) is 54.6 Å². The van der Waals surface area contributed by atoms with Crippen molar-refractivity contribution < 1.29 is 9.53 Å². The highest BCUT2D eigenvalue weighted by molar-refractivity contribution is 6.02. The summed E-state index contributed by atoms with van der Waals surface area (Å²) in [5, 5.41) is 2.84. The van der Waals surface area contributed by atoms with E-state index in [4.69, 9.17) is 4.74 Å². The van der Waals surface area contributed by atoms with Gasteiger partial charge in [0.1, 0.15) is 5.75 Å². The number of ether oxygens (including phenoxy) is 1. The average molecular weight is 281 g/mol. The minimum absolute atomic E-state index is 0.160. The van der Waals surface area contributed by atoms with Crippen molar-refractivity contribution >= 4 is 17.7 Å². The third-order valence-electron chi connectivity index (χ3n) is 2.92. The molecule has 1 amide bonds. The molecule has 2 aromatic rings. The molecule has 0 unspecified atom stereocenters. The van der Waals surface area contributed by atoms with E-state index in [0.717, 1.165) is 22.6 Å². The molecule has 0 bridgehead atoms. The van der Waals surface area contributed by atoms with Crippen LogP contribution in [0.1, 0.15) is 18.1 Å². The van der Waals surface area contributed by atoms with Crippen LogP contribution < -0.4 is 10.1 Å². The normalized spacial score (nSPS) is 10.6. The molecule has 2 rings (SSSR count). The van der Waals surface area contributed by atoms with Crippen LogP contribution in [0.25, 0.3) is 6.08 Å². The van der Waals surface area contributed by atoms with Gasteiger partial charge < -0.3 is 10.1 Å². The second-order valence-electron chi connectivity index (χ2n) is 4.66. The van der Waals surface area contributed by atoms with Crippen LogP contribution in [-0.2, 0) is 4.79 Å². The molecule has 2 aromatic carbocycles. The van der Waals surface area contributed by atoms with Crippen LogP contribution in [0.3, 0.4) is 0 Å². The first-order valence-electron chi connectivity index (χ1n) is 6.96. The van der Waals surface area contributed by atoms with Gasteiger partial charge in [-0.1, -0.05) is 30.3 Å². The summed E-state index contributed by atoms with van der Waals surface area (Å²) in [5.41, 5.74) is 2.79. The van der Waals surface area contributed by atoms with Crippen LogP contribution in [0.2, 0.25) is 0 Å². The summed E-state index contributed by atoms with van der Waals surface area (Å²) < 4.78 is 5.52. The number of hydrogen-bond donors (Lipinski definition) is 1. The van der Waals surface area contributed by atoms with E-state index < -0.39 is 0 Å². The molecule has 1 N–H and O–H groups in total. The van der Waals surface area contributed by atoms with Gasteiger partial charge in [-0.2, -0.15) is 0 Å². The number of carbonyl (C=O) groups excluding carboxylic acids is 1. The quantitative estimate of drug-likeness (QED) is 0.840. The lowest BCUT2D eigenvalue weighted by Crippen LogP contribution is -2.07. The molecule has 0 heterocycles. The van der Waals surface area contributed by atoms with E-state index in [2.05, 4.69) is 5.32 Å². The molecule has 0 spiro atoms. The first kappa shape index (κ1) is 14.9. The fraction of sp³-hybridized carbons (Fsp3) is 0.167. The number of nitrogens with one attached hydrogen (secondary N) is 1. The molecule has 3 nitrogen and oxygen atoms in total. The number of para-hydroxylation sites is 1. The molecule has 21 heavy (non-hydrogen) atoms. The van der Waals surface area contributed by atoms with Gasteiger partial charge in [0.2, 0.25) is 5.91 Å². The molecular weight excluding hydrogens is 262 g/mol. The molecule has 0 aliphatic carbocycles. The van der Waals surface area contributed by atoms with Gasteiger partial charge in [-0.3, -0.25) is 4.79 Å². The van der Waals surface area contributed by atoms with Crippen LogP contribution in [-0.4, -0.2) is 12.5 Å². The van der Waals surface area contributed by atoms with Crippen molar-refractivity contribution in [1.82, 2.24) is 0 Å². The number of benzene rings is 2. The van der Waals surface area contributed by atoms with Gasteiger partial charge in [-0.25, -0.2) is 0 Å². The lowest BCUT2D eigenvalue weighted by molar-refractivity contribution is -0.111. The van der Waals surface area contributed by atoms with Crippen molar-refractivity contribution in [2.75, 3.05) is 11.9 Å². The lowest BCUT2D eigenvalue weighted by Gasteiger charge is -2.06. The van der Waals surface area contributed by atoms with Crippen LogP contribution >= 0.6 is 0 Å². The number of anilines is 1. The lowest BCUT2D eigenvalue weighted by atomic mass is 10.2. The van der Waals surface area contributed by atoms with E-state index in [9.17, 15) is 4.79 Å². The maximum atomic E-state index is 11.9. The van der Waals surface area contributed by atoms with Gasteiger partial charge in [0.05, 0.1) is 6.61 Å². The summed E-state index contributed by atoms with van der Waals surface area (Å²) in [4.78, 5) is 11.9. The highest BCUT2D eigenvalue weighted by Crippen LogP contribution is 2.19. The molecule has 0 aliphatic rings. The second kappa shape index (κ2) is 7.29. The Balaban J connectivity index is 2.05. The Morgan fingerprint density at radius 1 is 1.19 bits per heavy atom. The Morgan fingerprint density at radius 2 is 2.00 bits per heavy atom. The van der Waals surface area contributed by atoms with E-state index >= 15 is 0 Å². The molecule has 0 fully saturated rings. The van der Waals surface area contributed by atoms with Crippen molar-refractivity contribution in [2.45, 2.75) is 13.8 Å². The zero-order chi connectivity index (χ0) is 15.1. The molecule has 0 aliphatic heterocycles. The first-order valence-corrected chi connectivity index (χ1v) is 6.96. The van der Waals surface area contributed by atoms with Crippen molar-refractivity contribution in [3.05, 3.63) is 65.7 Å². The number of carbonyl (C=O) groups is 1. The van der Waals surface area contributed by atoms with Gasteiger partial charge in [0.25, 0.3) is 0 Å². The third-order valence-corrected chi connectivity index (χ3v) is 2.92. The van der Waals surface area contributed by atoms with Crippen molar-refractivity contribution in [3.8, 4) is 5.75 Å². The fourth-order valence-corrected chi connectivity index (χ4v) is 1.98. The second-order valence-corrected chi connectivity index (χ2v) is 4.66. The summed E-state index contributed by atoms with van der Waals surface area (Å²) in [6.07, 6.45) is 3.27. The Morgan fingerprint density at radius 3 is 2.76 bits per heavy atom. The zero-order valence-corrected chi connectivity index (χ0v) is 12.3. The topological polar surface area (TPSA) is 38.3 Å². The third kappa shape index (κ3) is 4.49. The Hall–Kier alpha value is -2.55. The molecular formula is C18H19NO2. The maximum absolute atomic E-state index is 11.9. The van der Waals surface area contributed by atoms with Gasteiger partial charge >= 0.3 is 0 Å². The van der Waals surface area contributed by atoms with E-state index in [1.807, 2.05) is 62.4 Å². The SMILES string of the molecule is CCOc1ccccc1/C=C/C(=O)Nc1cccc(C)c1. The van der Waals surface area contributed by atoms with Gasteiger partial charge in [0.15, 0.2) is 0 Å². The van der Waals surface area contributed by atoms with Crippen LogP contribution in [0.4, 0.5) is 5.69 Å². The van der Waals surface area contributed by atoms with Crippen LogP contribution in [0.5, 0.6) is 5.75 Å².